The Labute approximate surface area is 247 Å². The Balaban J connectivity index is 0.000000565. The molecule has 228 valence electrons. The Bertz CT molecular complexity index is 973. The average Bonchev–Trinajstić information content (AvgIpc) is 2.86. The Morgan fingerprint density at radius 2 is 1.55 bits per heavy atom. The number of carbonyl (C=O) groups excluding carboxylic acids is 3. The molecule has 2 saturated heterocycles. The molecular formula is C27H43Cl2N3O8. The van der Waals surface area contributed by atoms with Crippen molar-refractivity contribution in [3.05, 3.63) is 39.9 Å². The van der Waals surface area contributed by atoms with Crippen LogP contribution in [0.3, 0.4) is 0 Å². The van der Waals surface area contributed by atoms with E-state index in [0.717, 1.165) is 39.0 Å². The van der Waals surface area contributed by atoms with Crippen molar-refractivity contribution in [1.29, 1.82) is 0 Å². The Morgan fingerprint density at radius 3 is 1.98 bits per heavy atom. The van der Waals surface area contributed by atoms with Gasteiger partial charge in [-0.15, -0.1) is 12.4 Å². The fourth-order valence-corrected chi connectivity index (χ4v) is 4.86. The number of hydrogen-bond donors (Lipinski definition) is 1. The smallest absolute Gasteiger partial charge is 0.404 e. The molecule has 0 spiro atoms. The third-order valence-electron chi connectivity index (χ3n) is 7.02. The summed E-state index contributed by atoms with van der Waals surface area (Å²) in [6.45, 7) is 12.2. The van der Waals surface area contributed by atoms with Gasteiger partial charge in [0.25, 0.3) is 5.69 Å². The second kappa shape index (κ2) is 17.4. The first-order valence-electron chi connectivity index (χ1n) is 12.7. The van der Waals surface area contributed by atoms with E-state index in [0.29, 0.717) is 5.56 Å². The summed E-state index contributed by atoms with van der Waals surface area (Å²) in [5.41, 5.74) is -0.190. The lowest BCUT2D eigenvalue weighted by molar-refractivity contribution is -0.384. The number of methoxy groups -OCH3 is 2. The zero-order valence-electron chi connectivity index (χ0n) is 24.4. The van der Waals surface area contributed by atoms with Gasteiger partial charge in [0.2, 0.25) is 0 Å². The SMILES string of the molecule is COC(=O)C1CCN(C)CC1(C)C.COC(=O)C1CCNCC1(C)C.Cl.O=C(Cl)OCc1ccc([N+](=O)[O-])cc1. The van der Waals surface area contributed by atoms with E-state index >= 15 is 0 Å². The largest absolute Gasteiger partial charge is 0.469 e. The molecule has 0 aromatic heterocycles. The summed E-state index contributed by atoms with van der Waals surface area (Å²) in [4.78, 5) is 45.0. The first kappa shape index (κ1) is 37.5. The lowest BCUT2D eigenvalue weighted by Gasteiger charge is -2.41. The van der Waals surface area contributed by atoms with Crippen LogP contribution >= 0.6 is 24.0 Å². The molecule has 0 aliphatic carbocycles. The Morgan fingerprint density at radius 1 is 1.02 bits per heavy atom. The van der Waals surface area contributed by atoms with Crippen LogP contribution in [0.4, 0.5) is 10.5 Å². The van der Waals surface area contributed by atoms with Gasteiger partial charge in [-0.2, -0.15) is 0 Å². The molecule has 0 amide bonds. The molecule has 1 aromatic carbocycles. The maximum atomic E-state index is 11.4. The predicted molar refractivity (Wildman–Crippen MR) is 155 cm³/mol. The van der Waals surface area contributed by atoms with Crippen molar-refractivity contribution in [2.75, 3.05) is 47.4 Å². The fraction of sp³-hybridized carbons (Fsp3) is 0.667. The summed E-state index contributed by atoms with van der Waals surface area (Å²) in [5.74, 6) is -0.00273. The van der Waals surface area contributed by atoms with Crippen LogP contribution in [0, 0.1) is 32.8 Å². The minimum absolute atomic E-state index is 0. The molecule has 40 heavy (non-hydrogen) atoms. The lowest BCUT2D eigenvalue weighted by atomic mass is 9.74. The van der Waals surface area contributed by atoms with Crippen LogP contribution in [0.1, 0.15) is 46.1 Å². The van der Waals surface area contributed by atoms with Crippen LogP contribution in [0.25, 0.3) is 0 Å². The van der Waals surface area contributed by atoms with E-state index in [9.17, 15) is 24.5 Å². The maximum absolute atomic E-state index is 11.4. The number of non-ortho nitro benzene ring substituents is 1. The van der Waals surface area contributed by atoms with Crippen LogP contribution in [0.5, 0.6) is 0 Å². The van der Waals surface area contributed by atoms with Gasteiger partial charge in [-0.05, 0) is 61.5 Å². The number of hydrogen-bond acceptors (Lipinski definition) is 10. The van der Waals surface area contributed by atoms with Crippen LogP contribution in [0.15, 0.2) is 24.3 Å². The number of piperidine rings is 2. The molecule has 13 heteroatoms. The molecule has 2 aliphatic rings. The van der Waals surface area contributed by atoms with Gasteiger partial charge >= 0.3 is 17.4 Å². The van der Waals surface area contributed by atoms with E-state index in [1.54, 1.807) is 0 Å². The normalized spacial score (nSPS) is 21.0. The standard InChI is InChI=1S/C10H19NO2.C9H17NO2.C8H6ClNO4.ClH/c1-10(2)7-11(3)6-5-8(10)9(12)13-4;1-9(2)6-10-5-4-7(9)8(11)12-3;9-8(11)14-5-6-1-3-7(4-2-6)10(12)13;/h8H,5-7H2,1-4H3;7,10H,4-6H2,1-3H3;1-4H,5H2;1H. The molecule has 0 radical (unpaired) electrons. The van der Waals surface area contributed by atoms with E-state index in [2.05, 4.69) is 49.7 Å². The average molecular weight is 609 g/mol. The number of nitrogens with zero attached hydrogens (tertiary/aromatic N) is 2. The fourth-order valence-electron chi connectivity index (χ4n) is 4.81. The summed E-state index contributed by atoms with van der Waals surface area (Å²) in [5, 5.41) is 13.6. The van der Waals surface area contributed by atoms with Crippen LogP contribution in [-0.4, -0.2) is 74.6 Å². The molecule has 1 N–H and O–H groups in total. The summed E-state index contributed by atoms with van der Waals surface area (Å²) in [6, 6.07) is 5.66. The number of esters is 2. The molecule has 0 saturated carbocycles. The van der Waals surface area contributed by atoms with Crippen LogP contribution in [-0.2, 0) is 30.4 Å². The molecular weight excluding hydrogens is 565 g/mol. The minimum Gasteiger partial charge on any atom is -0.469 e. The maximum Gasteiger partial charge on any atom is 0.404 e. The van der Waals surface area contributed by atoms with Crippen molar-refractivity contribution in [1.82, 2.24) is 10.2 Å². The highest BCUT2D eigenvalue weighted by Crippen LogP contribution is 2.35. The van der Waals surface area contributed by atoms with Gasteiger partial charge in [-0.1, -0.05) is 27.7 Å². The van der Waals surface area contributed by atoms with Gasteiger partial charge < -0.3 is 24.4 Å². The van der Waals surface area contributed by atoms with Crippen molar-refractivity contribution in [2.45, 2.75) is 47.1 Å². The van der Waals surface area contributed by atoms with E-state index in [1.165, 1.54) is 38.5 Å². The summed E-state index contributed by atoms with van der Waals surface area (Å²) in [6.07, 6.45) is 1.80. The predicted octanol–water partition coefficient (Wildman–Crippen LogP) is 4.82. The van der Waals surface area contributed by atoms with E-state index < -0.39 is 10.4 Å². The molecule has 2 unspecified atom stereocenters. The zero-order valence-corrected chi connectivity index (χ0v) is 25.9. The molecule has 11 nitrogen and oxygen atoms in total. The summed E-state index contributed by atoms with van der Waals surface area (Å²) >= 11 is 4.94. The van der Waals surface area contributed by atoms with Gasteiger partial charge in [0, 0.05) is 36.8 Å². The lowest BCUT2D eigenvalue weighted by Crippen LogP contribution is -2.47. The third-order valence-corrected chi connectivity index (χ3v) is 7.13. The minimum atomic E-state index is -0.900. The quantitative estimate of drug-likeness (QED) is 0.163. The highest BCUT2D eigenvalue weighted by atomic mass is 35.5. The third kappa shape index (κ3) is 12.4. The number of ether oxygens (including phenoxy) is 3. The number of carbonyl (C=O) groups is 3. The van der Waals surface area contributed by atoms with E-state index in [-0.39, 0.29) is 59.3 Å². The summed E-state index contributed by atoms with van der Waals surface area (Å²) < 4.78 is 14.0. The number of rotatable bonds is 5. The molecule has 2 aliphatic heterocycles. The highest BCUT2D eigenvalue weighted by molar-refractivity contribution is 6.61. The van der Waals surface area contributed by atoms with Gasteiger partial charge in [0.05, 0.1) is 31.0 Å². The number of nitrogens with one attached hydrogen (secondary N) is 1. The first-order valence-corrected chi connectivity index (χ1v) is 13.1. The van der Waals surface area contributed by atoms with Crippen molar-refractivity contribution < 1.29 is 33.5 Å². The van der Waals surface area contributed by atoms with Crippen molar-refractivity contribution in [2.24, 2.45) is 22.7 Å². The van der Waals surface area contributed by atoms with E-state index in [4.69, 9.17) is 21.1 Å². The molecule has 3 rings (SSSR count). The topological polar surface area (TPSA) is 137 Å². The second-order valence-corrected chi connectivity index (χ2v) is 11.4. The highest BCUT2D eigenvalue weighted by Gasteiger charge is 2.40. The summed E-state index contributed by atoms with van der Waals surface area (Å²) in [7, 11) is 5.02. The number of halogens is 2. The monoisotopic (exact) mass is 607 g/mol. The second-order valence-electron chi connectivity index (χ2n) is 11.1. The van der Waals surface area contributed by atoms with Gasteiger partial charge in [0.1, 0.15) is 6.61 Å². The van der Waals surface area contributed by atoms with E-state index in [1.807, 2.05) is 0 Å². The van der Waals surface area contributed by atoms with Crippen molar-refractivity contribution in [3.8, 4) is 0 Å². The van der Waals surface area contributed by atoms with Crippen LogP contribution < -0.4 is 5.32 Å². The number of likely N-dealkylation sites (tertiary alicyclic amines) is 1. The van der Waals surface area contributed by atoms with Gasteiger partial charge in [0.15, 0.2) is 0 Å². The first-order chi connectivity index (χ1) is 18.1. The molecule has 0 bridgehead atoms. The van der Waals surface area contributed by atoms with Crippen molar-refractivity contribution in [3.63, 3.8) is 0 Å². The Hall–Kier alpha value is -2.47. The Kier molecular flexibility index (Phi) is 16.3. The number of nitro benzene ring substituents is 1. The van der Waals surface area contributed by atoms with Gasteiger partial charge in [-0.3, -0.25) is 19.7 Å². The van der Waals surface area contributed by atoms with Gasteiger partial charge in [-0.25, -0.2) is 4.79 Å². The zero-order chi connectivity index (χ0) is 29.8. The molecule has 2 heterocycles. The molecule has 2 fully saturated rings. The van der Waals surface area contributed by atoms with Crippen molar-refractivity contribution >= 4 is 47.1 Å². The van der Waals surface area contributed by atoms with Crippen LogP contribution in [0.2, 0.25) is 0 Å². The number of nitro groups is 1. The number of benzene rings is 1. The molecule has 2 atom stereocenters. The molecule has 1 aromatic rings.